The van der Waals surface area contributed by atoms with Crippen LogP contribution in [0.25, 0.3) is 0 Å². The smallest absolute Gasteiger partial charge is 0.240 e. The summed E-state index contributed by atoms with van der Waals surface area (Å²) in [4.78, 5) is 31.1. The van der Waals surface area contributed by atoms with Crippen LogP contribution in [0, 0.1) is 18.3 Å². The number of aryl methyl sites for hydroxylation is 1. The number of carbonyl (C=O) groups is 2. The first-order valence-electron chi connectivity index (χ1n) is 8.85. The van der Waals surface area contributed by atoms with Crippen molar-refractivity contribution >= 4 is 23.5 Å². The van der Waals surface area contributed by atoms with Gasteiger partial charge in [0.25, 0.3) is 0 Å². The Morgan fingerprint density at radius 2 is 1.85 bits per heavy atom. The topological polar surface area (TPSA) is 74.1 Å². The number of benzene rings is 1. The SMILES string of the molecule is CCN(CC)C(=O)C(Sc1nc(C)c(C(C)=O)cc1C#N)c1ccccc1. The molecule has 1 heterocycles. The molecule has 140 valence electrons. The number of nitrogens with zero attached hydrogens (tertiary/aromatic N) is 3. The van der Waals surface area contributed by atoms with E-state index in [4.69, 9.17) is 0 Å². The highest BCUT2D eigenvalue weighted by Gasteiger charge is 2.27. The van der Waals surface area contributed by atoms with E-state index in [1.54, 1.807) is 17.9 Å². The number of pyridine rings is 1. The molecule has 1 aromatic carbocycles. The van der Waals surface area contributed by atoms with Crippen LogP contribution in [0.2, 0.25) is 0 Å². The van der Waals surface area contributed by atoms with E-state index < -0.39 is 5.25 Å². The average molecular weight is 382 g/mol. The van der Waals surface area contributed by atoms with Crippen molar-refractivity contribution in [2.75, 3.05) is 13.1 Å². The summed E-state index contributed by atoms with van der Waals surface area (Å²) >= 11 is 1.26. The lowest BCUT2D eigenvalue weighted by molar-refractivity contribution is -0.130. The molecule has 0 fully saturated rings. The first-order chi connectivity index (χ1) is 12.9. The Hall–Kier alpha value is -2.65. The molecule has 0 aliphatic carbocycles. The zero-order chi connectivity index (χ0) is 20.0. The number of hydrogen-bond acceptors (Lipinski definition) is 5. The van der Waals surface area contributed by atoms with Crippen molar-refractivity contribution in [2.24, 2.45) is 0 Å². The minimum Gasteiger partial charge on any atom is -0.342 e. The lowest BCUT2D eigenvalue weighted by Gasteiger charge is -2.25. The molecular formula is C21H23N3O2S. The lowest BCUT2D eigenvalue weighted by atomic mass is 10.1. The number of likely N-dealkylation sites (N-methyl/N-ethyl adjacent to an activating group) is 1. The summed E-state index contributed by atoms with van der Waals surface area (Å²) in [5.74, 6) is -0.151. The summed E-state index contributed by atoms with van der Waals surface area (Å²) in [6.45, 7) is 8.30. The highest BCUT2D eigenvalue weighted by Crippen LogP contribution is 2.38. The van der Waals surface area contributed by atoms with Gasteiger partial charge in [0, 0.05) is 24.3 Å². The van der Waals surface area contributed by atoms with Crippen LogP contribution in [-0.4, -0.2) is 34.7 Å². The third-order valence-corrected chi connectivity index (χ3v) is 5.55. The predicted octanol–water partition coefficient (Wildman–Crippen LogP) is 4.17. The van der Waals surface area contributed by atoms with Gasteiger partial charge in [-0.15, -0.1) is 0 Å². The summed E-state index contributed by atoms with van der Waals surface area (Å²) < 4.78 is 0. The maximum atomic E-state index is 13.1. The largest absolute Gasteiger partial charge is 0.342 e. The Kier molecular flexibility index (Phi) is 7.14. The van der Waals surface area contributed by atoms with Gasteiger partial charge >= 0.3 is 0 Å². The minimum absolute atomic E-state index is 0.0183. The molecule has 0 bridgehead atoms. The molecule has 0 saturated heterocycles. The van der Waals surface area contributed by atoms with Gasteiger partial charge in [-0.3, -0.25) is 9.59 Å². The standard InChI is InChI=1S/C21H23N3O2S/c1-5-24(6-2)21(26)19(16-10-8-7-9-11-16)27-20-17(13-22)12-18(15(4)25)14(3)23-20/h7-12,19H,5-6H2,1-4H3. The minimum atomic E-state index is -0.506. The molecule has 0 saturated carbocycles. The van der Waals surface area contributed by atoms with Crippen LogP contribution in [0.5, 0.6) is 0 Å². The van der Waals surface area contributed by atoms with Crippen LogP contribution in [0.15, 0.2) is 41.4 Å². The molecule has 27 heavy (non-hydrogen) atoms. The Morgan fingerprint density at radius 3 is 2.37 bits per heavy atom. The van der Waals surface area contributed by atoms with Crippen molar-refractivity contribution in [2.45, 2.75) is 38.0 Å². The van der Waals surface area contributed by atoms with Crippen molar-refractivity contribution in [3.63, 3.8) is 0 Å². The molecule has 0 aliphatic heterocycles. The number of Topliss-reactive ketones (excluding diaryl/α,β-unsaturated/α-hetero) is 1. The maximum Gasteiger partial charge on any atom is 0.240 e. The Labute approximate surface area is 164 Å². The second-order valence-electron chi connectivity index (χ2n) is 6.06. The summed E-state index contributed by atoms with van der Waals surface area (Å²) in [5.41, 5.74) is 2.16. The second kappa shape index (κ2) is 9.33. The molecule has 2 rings (SSSR count). The maximum absolute atomic E-state index is 13.1. The van der Waals surface area contributed by atoms with Gasteiger partial charge in [-0.2, -0.15) is 5.26 Å². The molecular weight excluding hydrogens is 358 g/mol. The number of carbonyl (C=O) groups excluding carboxylic acids is 2. The monoisotopic (exact) mass is 381 g/mol. The van der Waals surface area contributed by atoms with Crippen LogP contribution < -0.4 is 0 Å². The van der Waals surface area contributed by atoms with Gasteiger partial charge in [-0.1, -0.05) is 42.1 Å². The predicted molar refractivity (Wildman–Crippen MR) is 107 cm³/mol. The van der Waals surface area contributed by atoms with Gasteiger partial charge in [0.05, 0.1) is 5.56 Å². The van der Waals surface area contributed by atoms with Crippen LogP contribution in [0.4, 0.5) is 0 Å². The molecule has 1 atom stereocenters. The molecule has 5 nitrogen and oxygen atoms in total. The van der Waals surface area contributed by atoms with E-state index in [1.165, 1.54) is 18.7 Å². The average Bonchev–Trinajstić information content (AvgIpc) is 2.67. The third-order valence-electron chi connectivity index (χ3n) is 4.31. The van der Waals surface area contributed by atoms with Crippen molar-refractivity contribution in [1.29, 1.82) is 5.26 Å². The summed E-state index contributed by atoms with van der Waals surface area (Å²) in [6.07, 6.45) is 0. The number of aromatic nitrogens is 1. The van der Waals surface area contributed by atoms with E-state index in [0.29, 0.717) is 34.9 Å². The second-order valence-corrected chi connectivity index (χ2v) is 7.15. The van der Waals surface area contributed by atoms with Gasteiger partial charge in [0.1, 0.15) is 16.3 Å². The van der Waals surface area contributed by atoms with Gasteiger partial charge in [0.2, 0.25) is 5.91 Å². The summed E-state index contributed by atoms with van der Waals surface area (Å²) in [7, 11) is 0. The van der Waals surface area contributed by atoms with Crippen molar-refractivity contribution in [3.8, 4) is 6.07 Å². The van der Waals surface area contributed by atoms with Gasteiger partial charge in [-0.05, 0) is 39.3 Å². The molecule has 2 aromatic rings. The fourth-order valence-corrected chi connectivity index (χ4v) is 4.00. The van der Waals surface area contributed by atoms with E-state index in [9.17, 15) is 14.9 Å². The zero-order valence-corrected chi connectivity index (χ0v) is 16.8. The molecule has 0 radical (unpaired) electrons. The van der Waals surface area contributed by atoms with Crippen molar-refractivity contribution in [3.05, 3.63) is 58.8 Å². The Morgan fingerprint density at radius 1 is 1.22 bits per heavy atom. The summed E-state index contributed by atoms with van der Waals surface area (Å²) in [5, 5.41) is 9.49. The fourth-order valence-electron chi connectivity index (χ4n) is 2.81. The number of thioether (sulfide) groups is 1. The Balaban J connectivity index is 2.50. The highest BCUT2D eigenvalue weighted by atomic mass is 32.2. The normalized spacial score (nSPS) is 11.5. The number of ketones is 1. The van der Waals surface area contributed by atoms with Crippen LogP contribution >= 0.6 is 11.8 Å². The number of hydrogen-bond donors (Lipinski definition) is 0. The zero-order valence-electron chi connectivity index (χ0n) is 16.0. The quantitative estimate of drug-likeness (QED) is 0.532. The van der Waals surface area contributed by atoms with E-state index >= 15 is 0 Å². The first kappa shape index (κ1) is 20.7. The number of nitriles is 1. The van der Waals surface area contributed by atoms with Crippen LogP contribution in [-0.2, 0) is 4.79 Å². The van der Waals surface area contributed by atoms with Crippen LogP contribution in [0.1, 0.15) is 53.2 Å². The first-order valence-corrected chi connectivity index (χ1v) is 9.73. The van der Waals surface area contributed by atoms with Gasteiger partial charge < -0.3 is 4.90 Å². The molecule has 1 aromatic heterocycles. The number of amides is 1. The van der Waals surface area contributed by atoms with Crippen molar-refractivity contribution in [1.82, 2.24) is 9.88 Å². The lowest BCUT2D eigenvalue weighted by Crippen LogP contribution is -2.34. The molecule has 1 amide bonds. The molecule has 6 heteroatoms. The van der Waals surface area contributed by atoms with Gasteiger partial charge in [-0.25, -0.2) is 4.98 Å². The highest BCUT2D eigenvalue weighted by molar-refractivity contribution is 8.00. The van der Waals surface area contributed by atoms with Gasteiger partial charge in [0.15, 0.2) is 5.78 Å². The third kappa shape index (κ3) is 4.75. The van der Waals surface area contributed by atoms with E-state index in [0.717, 1.165) is 5.56 Å². The van der Waals surface area contributed by atoms with E-state index in [-0.39, 0.29) is 11.7 Å². The molecule has 0 spiro atoms. The van der Waals surface area contributed by atoms with E-state index in [1.807, 2.05) is 44.2 Å². The molecule has 0 N–H and O–H groups in total. The number of rotatable bonds is 7. The van der Waals surface area contributed by atoms with Crippen LogP contribution in [0.3, 0.4) is 0 Å². The summed E-state index contributed by atoms with van der Waals surface area (Å²) in [6, 6.07) is 13.2. The Bertz CT molecular complexity index is 871. The fraction of sp³-hybridized carbons (Fsp3) is 0.333. The molecule has 0 aliphatic rings. The van der Waals surface area contributed by atoms with E-state index in [2.05, 4.69) is 11.1 Å². The molecule has 1 unspecified atom stereocenters. The van der Waals surface area contributed by atoms with Crippen molar-refractivity contribution < 1.29 is 9.59 Å².